The summed E-state index contributed by atoms with van der Waals surface area (Å²) in [7, 11) is 0. The highest BCUT2D eigenvalue weighted by molar-refractivity contribution is 14.0. The van der Waals surface area contributed by atoms with Crippen molar-refractivity contribution in [3.8, 4) is 0 Å². The second kappa shape index (κ2) is 11.2. The predicted octanol–water partition coefficient (Wildman–Crippen LogP) is 2.58. The molecule has 0 spiro atoms. The zero-order valence-corrected chi connectivity index (χ0v) is 19.8. The molecule has 2 aromatic heterocycles. The van der Waals surface area contributed by atoms with E-state index in [-0.39, 0.29) is 29.8 Å². The van der Waals surface area contributed by atoms with Crippen molar-refractivity contribution in [1.29, 1.82) is 0 Å². The fourth-order valence-electron chi connectivity index (χ4n) is 3.40. The zero-order valence-electron chi connectivity index (χ0n) is 17.4. The molecule has 31 heavy (non-hydrogen) atoms. The van der Waals surface area contributed by atoms with E-state index in [9.17, 15) is 4.39 Å². The number of nitrogens with zero attached hydrogens (tertiary/aromatic N) is 5. The Morgan fingerprint density at radius 3 is 2.77 bits per heavy atom. The molecular weight excluding hydrogens is 512 g/mol. The highest BCUT2D eigenvalue weighted by Crippen LogP contribution is 2.22. The maximum atomic E-state index is 14.6. The average Bonchev–Trinajstić information content (AvgIpc) is 3.19. The number of halogens is 2. The van der Waals surface area contributed by atoms with Gasteiger partial charge in [-0.25, -0.2) is 9.38 Å². The number of ether oxygens (including phenoxy) is 1. The highest BCUT2D eigenvalue weighted by atomic mass is 127. The number of hydrogen-bond donors (Lipinski definition) is 2. The van der Waals surface area contributed by atoms with Crippen molar-refractivity contribution in [3.05, 3.63) is 59.8 Å². The van der Waals surface area contributed by atoms with Gasteiger partial charge in [-0.15, -0.1) is 34.2 Å². The van der Waals surface area contributed by atoms with E-state index >= 15 is 0 Å². The lowest BCUT2D eigenvalue weighted by Gasteiger charge is -2.29. The van der Waals surface area contributed by atoms with Crippen LogP contribution in [0.5, 0.6) is 0 Å². The van der Waals surface area contributed by atoms with Crippen molar-refractivity contribution in [2.45, 2.75) is 20.0 Å². The molecule has 1 aliphatic heterocycles. The lowest BCUT2D eigenvalue weighted by molar-refractivity contribution is 0.122. The summed E-state index contributed by atoms with van der Waals surface area (Å²) in [5.74, 6) is 1.21. The molecule has 0 radical (unpaired) electrons. The summed E-state index contributed by atoms with van der Waals surface area (Å²) in [6.07, 6.45) is 1.93. The summed E-state index contributed by atoms with van der Waals surface area (Å²) in [4.78, 5) is 6.60. The number of nitrogens with one attached hydrogen (secondary N) is 2. The molecule has 1 aliphatic rings. The summed E-state index contributed by atoms with van der Waals surface area (Å²) in [6, 6.07) is 11.1. The van der Waals surface area contributed by atoms with Gasteiger partial charge >= 0.3 is 0 Å². The number of rotatable bonds is 6. The minimum Gasteiger partial charge on any atom is -0.378 e. The van der Waals surface area contributed by atoms with Gasteiger partial charge in [0.25, 0.3) is 0 Å². The monoisotopic (exact) mass is 539 g/mol. The summed E-state index contributed by atoms with van der Waals surface area (Å²) >= 11 is 0. The third kappa shape index (κ3) is 5.82. The van der Waals surface area contributed by atoms with Gasteiger partial charge in [-0.05, 0) is 36.8 Å². The number of benzene rings is 1. The summed E-state index contributed by atoms with van der Waals surface area (Å²) in [6.45, 7) is 6.24. The number of pyridine rings is 1. The molecule has 3 heterocycles. The molecule has 0 aliphatic carbocycles. The Morgan fingerprint density at radius 2 is 2.00 bits per heavy atom. The molecule has 1 aromatic carbocycles. The van der Waals surface area contributed by atoms with Crippen molar-refractivity contribution in [3.63, 3.8) is 0 Å². The summed E-state index contributed by atoms with van der Waals surface area (Å²) in [5.41, 5.74) is 2.23. The largest absolute Gasteiger partial charge is 0.378 e. The quantitative estimate of drug-likeness (QED) is 0.285. The maximum Gasteiger partial charge on any atom is 0.191 e. The average molecular weight is 539 g/mol. The van der Waals surface area contributed by atoms with Crippen LogP contribution in [0.3, 0.4) is 0 Å². The van der Waals surface area contributed by atoms with E-state index in [4.69, 9.17) is 4.74 Å². The molecule has 0 atom stereocenters. The van der Waals surface area contributed by atoms with Gasteiger partial charge in [-0.3, -0.25) is 4.40 Å². The first-order valence-electron chi connectivity index (χ1n) is 10.2. The highest BCUT2D eigenvalue weighted by Gasteiger charge is 2.15. The van der Waals surface area contributed by atoms with Crippen LogP contribution in [0.2, 0.25) is 0 Å². The van der Waals surface area contributed by atoms with Gasteiger partial charge in [0.05, 0.1) is 32.0 Å². The summed E-state index contributed by atoms with van der Waals surface area (Å²) < 4.78 is 21.9. The van der Waals surface area contributed by atoms with Crippen LogP contribution < -0.4 is 15.5 Å². The fraction of sp³-hybridized carbons (Fsp3) is 0.381. The van der Waals surface area contributed by atoms with E-state index in [0.29, 0.717) is 51.0 Å². The standard InChI is InChI=1S/C21H26FN7O.HI/c1-2-23-21(25-15-20-27-26-19-5-3-4-8-29(19)20)24-14-16-6-7-18(17(22)13-16)28-9-11-30-12-10-28;/h3-8,13H,2,9-12,14-15H2,1H3,(H2,23,24,25);1H. The number of aromatic nitrogens is 3. The van der Waals surface area contributed by atoms with E-state index in [2.05, 4.69) is 25.8 Å². The lowest BCUT2D eigenvalue weighted by Crippen LogP contribution is -2.37. The number of aliphatic imine (C=N–C) groups is 1. The third-order valence-corrected chi connectivity index (χ3v) is 4.93. The molecular formula is C21H27FIN7O. The van der Waals surface area contributed by atoms with Crippen LogP contribution in [0.25, 0.3) is 5.65 Å². The molecule has 8 nitrogen and oxygen atoms in total. The molecule has 0 saturated carbocycles. The Morgan fingerprint density at radius 1 is 1.16 bits per heavy atom. The van der Waals surface area contributed by atoms with Crippen LogP contribution in [0.15, 0.2) is 47.6 Å². The maximum absolute atomic E-state index is 14.6. The van der Waals surface area contributed by atoms with Gasteiger partial charge in [0, 0.05) is 25.8 Å². The Labute approximate surface area is 197 Å². The SMILES string of the molecule is CCNC(=NCc1ccc(N2CCOCC2)c(F)c1)NCc1nnc2ccccn12.I. The molecule has 1 saturated heterocycles. The first kappa shape index (κ1) is 23.2. The molecule has 0 amide bonds. The van der Waals surface area contributed by atoms with Crippen molar-refractivity contribution in [2.75, 3.05) is 37.7 Å². The van der Waals surface area contributed by atoms with Gasteiger partial charge in [0.1, 0.15) is 5.82 Å². The molecule has 1 fully saturated rings. The second-order valence-electron chi connectivity index (χ2n) is 6.98. The molecule has 0 unspecified atom stereocenters. The predicted molar refractivity (Wildman–Crippen MR) is 129 cm³/mol. The van der Waals surface area contributed by atoms with E-state index in [1.54, 1.807) is 6.07 Å². The fourth-order valence-corrected chi connectivity index (χ4v) is 3.40. The number of anilines is 1. The Bertz CT molecular complexity index is 1020. The number of fused-ring (bicyclic) bond motifs is 1. The minimum atomic E-state index is -0.225. The molecule has 0 bridgehead atoms. The van der Waals surface area contributed by atoms with Gasteiger partial charge in [0.15, 0.2) is 17.4 Å². The first-order chi connectivity index (χ1) is 14.7. The normalized spacial score (nSPS) is 14.4. The minimum absolute atomic E-state index is 0. The van der Waals surface area contributed by atoms with Crippen molar-refractivity contribution < 1.29 is 9.13 Å². The van der Waals surface area contributed by atoms with Crippen molar-refractivity contribution >= 4 is 41.3 Å². The van der Waals surface area contributed by atoms with Crippen LogP contribution in [0, 0.1) is 5.82 Å². The number of morpholine rings is 1. The second-order valence-corrected chi connectivity index (χ2v) is 6.98. The zero-order chi connectivity index (χ0) is 20.8. The smallest absolute Gasteiger partial charge is 0.191 e. The third-order valence-electron chi connectivity index (χ3n) is 4.93. The van der Waals surface area contributed by atoms with Crippen molar-refractivity contribution in [1.82, 2.24) is 25.2 Å². The van der Waals surface area contributed by atoms with Gasteiger partial charge in [-0.1, -0.05) is 12.1 Å². The van der Waals surface area contributed by atoms with E-state index in [0.717, 1.165) is 23.6 Å². The van der Waals surface area contributed by atoms with Crippen LogP contribution in [0.1, 0.15) is 18.3 Å². The Hall–Kier alpha value is -2.47. The van der Waals surface area contributed by atoms with Crippen LogP contribution in [-0.2, 0) is 17.8 Å². The molecule has 2 N–H and O–H groups in total. The first-order valence-corrected chi connectivity index (χ1v) is 10.2. The van der Waals surface area contributed by atoms with Crippen LogP contribution >= 0.6 is 24.0 Å². The molecule has 4 rings (SSSR count). The van der Waals surface area contributed by atoms with Gasteiger partial charge in [-0.2, -0.15) is 0 Å². The number of guanidine groups is 1. The van der Waals surface area contributed by atoms with E-state index in [1.807, 2.05) is 52.8 Å². The Kier molecular flexibility index (Phi) is 8.41. The van der Waals surface area contributed by atoms with Crippen LogP contribution in [0.4, 0.5) is 10.1 Å². The number of hydrogen-bond acceptors (Lipinski definition) is 5. The van der Waals surface area contributed by atoms with Crippen LogP contribution in [-0.4, -0.2) is 53.4 Å². The van der Waals surface area contributed by atoms with Gasteiger partial charge < -0.3 is 20.3 Å². The van der Waals surface area contributed by atoms with Gasteiger partial charge in [0.2, 0.25) is 0 Å². The molecule has 166 valence electrons. The molecule has 3 aromatic rings. The summed E-state index contributed by atoms with van der Waals surface area (Å²) in [5, 5.41) is 14.8. The molecule has 10 heteroatoms. The van der Waals surface area contributed by atoms with Crippen molar-refractivity contribution in [2.24, 2.45) is 4.99 Å². The topological polar surface area (TPSA) is 79.1 Å². The Balaban J connectivity index is 0.00000272. The van der Waals surface area contributed by atoms with E-state index in [1.165, 1.54) is 0 Å². The lowest BCUT2D eigenvalue weighted by atomic mass is 10.1. The van der Waals surface area contributed by atoms with E-state index < -0.39 is 0 Å².